The van der Waals surface area contributed by atoms with Crippen LogP contribution in [-0.2, 0) is 11.3 Å². The summed E-state index contributed by atoms with van der Waals surface area (Å²) in [6, 6.07) is 9.95. The van der Waals surface area contributed by atoms with E-state index in [0.717, 1.165) is 52.0 Å². The lowest BCUT2D eigenvalue weighted by atomic mass is 10.0. The third-order valence-electron chi connectivity index (χ3n) is 4.98. The zero-order valence-corrected chi connectivity index (χ0v) is 14.2. The van der Waals surface area contributed by atoms with Gasteiger partial charge in [-0.25, -0.2) is 0 Å². The Morgan fingerprint density at radius 2 is 2.00 bits per heavy atom. The van der Waals surface area contributed by atoms with Crippen molar-refractivity contribution in [3.63, 3.8) is 0 Å². The molecule has 0 spiro atoms. The van der Waals surface area contributed by atoms with Gasteiger partial charge in [-0.05, 0) is 42.9 Å². The predicted molar refractivity (Wildman–Crippen MR) is 94.1 cm³/mol. The second-order valence-electron chi connectivity index (χ2n) is 6.79. The summed E-state index contributed by atoms with van der Waals surface area (Å²) in [5.74, 6) is 0.766. The Balaban J connectivity index is 1.49. The van der Waals surface area contributed by atoms with E-state index in [1.165, 1.54) is 5.56 Å². The van der Waals surface area contributed by atoms with Crippen molar-refractivity contribution in [2.75, 3.05) is 26.2 Å². The van der Waals surface area contributed by atoms with Crippen molar-refractivity contribution < 1.29 is 4.79 Å². The highest BCUT2D eigenvalue weighted by atomic mass is 16.2. The van der Waals surface area contributed by atoms with Crippen molar-refractivity contribution in [2.45, 2.75) is 32.2 Å². The fourth-order valence-corrected chi connectivity index (χ4v) is 3.54. The summed E-state index contributed by atoms with van der Waals surface area (Å²) in [5.41, 5.74) is 1.93. The molecule has 3 rings (SSSR count). The fraction of sp³-hybridized carbons (Fsp3) is 0.500. The SMILES string of the molecule is N#Cc1ccc(CN2CCCN(C(=O)CC3C=CCC3)CC2)cc1. The normalized spacial score (nSPS) is 21.5. The number of hydrogen-bond donors (Lipinski definition) is 0. The predicted octanol–water partition coefficient (Wildman–Crippen LogP) is 2.95. The third-order valence-corrected chi connectivity index (χ3v) is 4.98. The van der Waals surface area contributed by atoms with Crippen molar-refractivity contribution in [1.29, 1.82) is 5.26 Å². The van der Waals surface area contributed by atoms with Crippen LogP contribution in [0, 0.1) is 17.2 Å². The van der Waals surface area contributed by atoms with Gasteiger partial charge in [-0.3, -0.25) is 9.69 Å². The monoisotopic (exact) mass is 323 g/mol. The molecule has 1 aromatic rings. The van der Waals surface area contributed by atoms with E-state index >= 15 is 0 Å². The smallest absolute Gasteiger partial charge is 0.223 e. The molecule has 24 heavy (non-hydrogen) atoms. The first kappa shape index (κ1) is 16.7. The number of allylic oxidation sites excluding steroid dienone is 2. The van der Waals surface area contributed by atoms with Gasteiger partial charge in [0.05, 0.1) is 11.6 Å². The Hall–Kier alpha value is -2.12. The lowest BCUT2D eigenvalue weighted by molar-refractivity contribution is -0.131. The standard InChI is InChI=1S/C20H25N3O/c21-15-18-6-8-19(9-7-18)16-22-10-3-11-23(13-12-22)20(24)14-17-4-1-2-5-17/h1,4,6-9,17H,2-3,5,10-14,16H2. The molecular formula is C20H25N3O. The number of nitriles is 1. The molecule has 1 heterocycles. The number of amides is 1. The van der Waals surface area contributed by atoms with E-state index in [9.17, 15) is 4.79 Å². The van der Waals surface area contributed by atoms with Crippen LogP contribution in [0.2, 0.25) is 0 Å². The second-order valence-corrected chi connectivity index (χ2v) is 6.79. The highest BCUT2D eigenvalue weighted by molar-refractivity contribution is 5.76. The Morgan fingerprint density at radius 1 is 1.17 bits per heavy atom. The maximum atomic E-state index is 12.5. The molecule has 1 aliphatic heterocycles. The average Bonchev–Trinajstić information content (AvgIpc) is 3.00. The number of carbonyl (C=O) groups is 1. The fourth-order valence-electron chi connectivity index (χ4n) is 3.54. The van der Waals surface area contributed by atoms with Crippen molar-refractivity contribution in [1.82, 2.24) is 9.80 Å². The van der Waals surface area contributed by atoms with E-state index in [1.54, 1.807) is 0 Å². The molecule has 1 fully saturated rings. The minimum absolute atomic E-state index is 0.312. The van der Waals surface area contributed by atoms with Gasteiger partial charge in [0.15, 0.2) is 0 Å². The van der Waals surface area contributed by atoms with E-state index in [-0.39, 0.29) is 0 Å². The topological polar surface area (TPSA) is 47.3 Å². The minimum atomic E-state index is 0.312. The highest BCUT2D eigenvalue weighted by Gasteiger charge is 2.22. The summed E-state index contributed by atoms with van der Waals surface area (Å²) in [6.07, 6.45) is 8.35. The lowest BCUT2D eigenvalue weighted by Crippen LogP contribution is -2.35. The van der Waals surface area contributed by atoms with Crippen LogP contribution in [0.5, 0.6) is 0 Å². The molecule has 1 amide bonds. The summed E-state index contributed by atoms with van der Waals surface area (Å²) >= 11 is 0. The molecule has 4 heteroatoms. The second kappa shape index (κ2) is 8.12. The molecule has 0 bridgehead atoms. The van der Waals surface area contributed by atoms with Gasteiger partial charge in [0.2, 0.25) is 5.91 Å². The molecule has 0 N–H and O–H groups in total. The van der Waals surface area contributed by atoms with Gasteiger partial charge in [-0.1, -0.05) is 24.3 Å². The Morgan fingerprint density at radius 3 is 2.71 bits per heavy atom. The minimum Gasteiger partial charge on any atom is -0.341 e. The average molecular weight is 323 g/mol. The Bertz CT molecular complexity index is 629. The van der Waals surface area contributed by atoms with E-state index in [4.69, 9.17) is 5.26 Å². The zero-order valence-electron chi connectivity index (χ0n) is 14.2. The van der Waals surface area contributed by atoms with E-state index < -0.39 is 0 Å². The Labute approximate surface area is 144 Å². The van der Waals surface area contributed by atoms with Gasteiger partial charge in [0, 0.05) is 39.1 Å². The van der Waals surface area contributed by atoms with E-state index in [2.05, 4.69) is 23.1 Å². The number of benzene rings is 1. The maximum absolute atomic E-state index is 12.5. The van der Waals surface area contributed by atoms with Gasteiger partial charge in [-0.15, -0.1) is 0 Å². The summed E-state index contributed by atoms with van der Waals surface area (Å²) in [7, 11) is 0. The van der Waals surface area contributed by atoms with Crippen molar-refractivity contribution in [3.8, 4) is 6.07 Å². The number of rotatable bonds is 4. The van der Waals surface area contributed by atoms with Crippen LogP contribution in [0.1, 0.15) is 36.8 Å². The Kier molecular flexibility index (Phi) is 5.66. The largest absolute Gasteiger partial charge is 0.341 e. The van der Waals surface area contributed by atoms with Crippen LogP contribution < -0.4 is 0 Å². The third kappa shape index (κ3) is 4.46. The molecule has 0 saturated carbocycles. The van der Waals surface area contributed by atoms with Gasteiger partial charge in [0.1, 0.15) is 0 Å². The van der Waals surface area contributed by atoms with Crippen LogP contribution in [0.25, 0.3) is 0 Å². The van der Waals surface area contributed by atoms with Crippen LogP contribution in [0.15, 0.2) is 36.4 Å². The van der Waals surface area contributed by atoms with E-state index in [1.807, 2.05) is 29.2 Å². The summed E-state index contributed by atoms with van der Waals surface area (Å²) in [4.78, 5) is 16.9. The molecule has 1 unspecified atom stereocenters. The van der Waals surface area contributed by atoms with Gasteiger partial charge in [-0.2, -0.15) is 5.26 Å². The molecular weight excluding hydrogens is 298 g/mol. The van der Waals surface area contributed by atoms with Gasteiger partial charge in [0.25, 0.3) is 0 Å². The van der Waals surface area contributed by atoms with Crippen LogP contribution in [0.3, 0.4) is 0 Å². The lowest BCUT2D eigenvalue weighted by Gasteiger charge is -2.23. The van der Waals surface area contributed by atoms with Gasteiger partial charge >= 0.3 is 0 Å². The molecule has 1 aliphatic carbocycles. The number of carbonyl (C=O) groups excluding carboxylic acids is 1. The molecule has 126 valence electrons. The summed E-state index contributed by atoms with van der Waals surface area (Å²) in [6.45, 7) is 4.53. The van der Waals surface area contributed by atoms with Gasteiger partial charge < -0.3 is 4.90 Å². The molecule has 1 atom stereocenters. The molecule has 4 nitrogen and oxygen atoms in total. The molecule has 1 aromatic carbocycles. The van der Waals surface area contributed by atoms with Crippen molar-refractivity contribution in [3.05, 3.63) is 47.5 Å². The van der Waals surface area contributed by atoms with Crippen LogP contribution in [-0.4, -0.2) is 41.9 Å². The molecule has 1 saturated heterocycles. The van der Waals surface area contributed by atoms with Crippen LogP contribution >= 0.6 is 0 Å². The van der Waals surface area contributed by atoms with Crippen molar-refractivity contribution >= 4 is 5.91 Å². The first-order valence-corrected chi connectivity index (χ1v) is 8.90. The number of nitrogens with zero attached hydrogens (tertiary/aromatic N) is 3. The van der Waals surface area contributed by atoms with Crippen LogP contribution in [0.4, 0.5) is 0 Å². The summed E-state index contributed by atoms with van der Waals surface area (Å²) < 4.78 is 0. The zero-order chi connectivity index (χ0) is 16.8. The molecule has 0 aromatic heterocycles. The summed E-state index contributed by atoms with van der Waals surface area (Å²) in [5, 5.41) is 8.87. The number of hydrogen-bond acceptors (Lipinski definition) is 3. The molecule has 2 aliphatic rings. The highest BCUT2D eigenvalue weighted by Crippen LogP contribution is 2.21. The first-order valence-electron chi connectivity index (χ1n) is 8.90. The first-order chi connectivity index (χ1) is 11.7. The van der Waals surface area contributed by atoms with Crippen molar-refractivity contribution in [2.24, 2.45) is 5.92 Å². The quantitative estimate of drug-likeness (QED) is 0.800. The van der Waals surface area contributed by atoms with E-state index in [0.29, 0.717) is 23.8 Å². The molecule has 0 radical (unpaired) electrons. The maximum Gasteiger partial charge on any atom is 0.223 e.